The van der Waals surface area contributed by atoms with Crippen LogP contribution >= 0.6 is 11.8 Å². The molecular weight excluding hydrogens is 312 g/mol. The number of ether oxygens (including phenoxy) is 1. The molecule has 0 aliphatic carbocycles. The van der Waals surface area contributed by atoms with Crippen molar-refractivity contribution in [3.05, 3.63) is 36.0 Å². The van der Waals surface area contributed by atoms with Crippen LogP contribution in [-0.4, -0.2) is 54.6 Å². The number of aromatic nitrogens is 2. The minimum absolute atomic E-state index is 0.204. The van der Waals surface area contributed by atoms with Crippen LogP contribution in [0.1, 0.15) is 17.8 Å². The molecule has 0 saturated carbocycles. The summed E-state index contributed by atoms with van der Waals surface area (Å²) >= 11 is 1.77. The molecule has 1 aromatic heterocycles. The number of thioether (sulfide) groups is 1. The molecule has 1 aromatic carbocycles. The number of benzene rings is 1. The lowest BCUT2D eigenvalue weighted by molar-refractivity contribution is 0.190. The summed E-state index contributed by atoms with van der Waals surface area (Å²) in [6, 6.07) is 8.27. The fourth-order valence-corrected chi connectivity index (χ4v) is 3.37. The van der Waals surface area contributed by atoms with Gasteiger partial charge in [0.25, 0.3) is 0 Å². The summed E-state index contributed by atoms with van der Waals surface area (Å²) in [5, 5.41) is 7.51. The molecule has 2 aromatic rings. The van der Waals surface area contributed by atoms with Crippen molar-refractivity contribution in [1.29, 1.82) is 0 Å². The quantitative estimate of drug-likeness (QED) is 0.811. The summed E-state index contributed by atoms with van der Waals surface area (Å²) in [5.74, 6) is 3.28. The van der Waals surface area contributed by atoms with Gasteiger partial charge in [-0.15, -0.1) is 11.8 Å². The van der Waals surface area contributed by atoms with Crippen LogP contribution in [0.4, 0.5) is 0 Å². The molecule has 0 spiro atoms. The second kappa shape index (κ2) is 7.81. The number of nitrogens with one attached hydrogen (secondary N) is 1. The van der Waals surface area contributed by atoms with Crippen LogP contribution in [0.15, 0.2) is 33.7 Å². The molecule has 7 heteroatoms. The first-order valence-corrected chi connectivity index (χ1v) is 8.75. The summed E-state index contributed by atoms with van der Waals surface area (Å²) in [6.07, 6.45) is 0.771. The Morgan fingerprint density at radius 1 is 1.39 bits per heavy atom. The molecule has 0 radical (unpaired) electrons. The first kappa shape index (κ1) is 16.3. The lowest BCUT2D eigenvalue weighted by Gasteiger charge is -2.30. The summed E-state index contributed by atoms with van der Waals surface area (Å²) < 4.78 is 10.6. The Hall–Kier alpha value is -1.57. The second-order valence-corrected chi connectivity index (χ2v) is 6.69. The van der Waals surface area contributed by atoms with Crippen molar-refractivity contribution in [3.8, 4) is 5.75 Å². The Morgan fingerprint density at radius 3 is 2.96 bits per heavy atom. The minimum Gasteiger partial charge on any atom is -0.497 e. The average molecular weight is 334 g/mol. The van der Waals surface area contributed by atoms with Crippen LogP contribution in [0.3, 0.4) is 0 Å². The molecule has 0 amide bonds. The molecule has 1 aliphatic rings. The van der Waals surface area contributed by atoms with Crippen molar-refractivity contribution in [2.45, 2.75) is 17.4 Å². The number of rotatable bonds is 6. The maximum Gasteiger partial charge on any atom is 0.227 e. The molecule has 2 heterocycles. The Morgan fingerprint density at radius 2 is 2.22 bits per heavy atom. The zero-order valence-electron chi connectivity index (χ0n) is 13.5. The van der Waals surface area contributed by atoms with Gasteiger partial charge in [-0.3, -0.25) is 4.90 Å². The number of likely N-dealkylation sites (N-methyl/N-ethyl adjacent to an activating group) is 1. The predicted octanol–water partition coefficient (Wildman–Crippen LogP) is 1.99. The third-order valence-corrected chi connectivity index (χ3v) is 4.95. The van der Waals surface area contributed by atoms with Crippen molar-refractivity contribution >= 4 is 11.8 Å². The third-order valence-electron chi connectivity index (χ3n) is 3.94. The van der Waals surface area contributed by atoms with E-state index in [2.05, 4.69) is 39.5 Å². The predicted molar refractivity (Wildman–Crippen MR) is 90.0 cm³/mol. The van der Waals surface area contributed by atoms with Gasteiger partial charge in [-0.25, -0.2) is 0 Å². The maximum absolute atomic E-state index is 5.39. The van der Waals surface area contributed by atoms with Crippen LogP contribution in [0.2, 0.25) is 0 Å². The highest BCUT2D eigenvalue weighted by molar-refractivity contribution is 7.99. The van der Waals surface area contributed by atoms with Gasteiger partial charge < -0.3 is 14.6 Å². The highest BCUT2D eigenvalue weighted by Gasteiger charge is 2.25. The molecule has 3 rings (SSSR count). The van der Waals surface area contributed by atoms with E-state index in [1.165, 1.54) is 4.90 Å². The summed E-state index contributed by atoms with van der Waals surface area (Å²) in [7, 11) is 3.77. The molecule has 1 fully saturated rings. The standard InChI is InChI=1S/C16H22N4O2S/c1-20-9-8-17-11-14(20)16-18-15(22-19-16)7-10-23-13-5-3-12(21-2)4-6-13/h3-6,14,17H,7-11H2,1-2H3. The average Bonchev–Trinajstić information content (AvgIpc) is 3.04. The fraction of sp³-hybridized carbons (Fsp3) is 0.500. The number of piperazine rings is 1. The second-order valence-electron chi connectivity index (χ2n) is 5.52. The van der Waals surface area contributed by atoms with Gasteiger partial charge in [-0.05, 0) is 31.3 Å². The molecular formula is C16H22N4O2S. The van der Waals surface area contributed by atoms with E-state index in [1.54, 1.807) is 18.9 Å². The van der Waals surface area contributed by atoms with Crippen LogP contribution in [0.5, 0.6) is 5.75 Å². The first-order valence-electron chi connectivity index (χ1n) is 7.76. The van der Waals surface area contributed by atoms with E-state index in [4.69, 9.17) is 9.26 Å². The zero-order chi connectivity index (χ0) is 16.1. The SMILES string of the molecule is COc1ccc(SCCc2nc(C3CNCCN3C)no2)cc1. The molecule has 0 bridgehead atoms. The Kier molecular flexibility index (Phi) is 5.53. The summed E-state index contributed by atoms with van der Waals surface area (Å²) in [4.78, 5) is 8.02. The molecule has 1 atom stereocenters. The largest absolute Gasteiger partial charge is 0.497 e. The minimum atomic E-state index is 0.204. The lowest BCUT2D eigenvalue weighted by Crippen LogP contribution is -2.44. The molecule has 23 heavy (non-hydrogen) atoms. The number of aryl methyl sites for hydroxylation is 1. The highest BCUT2D eigenvalue weighted by Crippen LogP contribution is 2.23. The molecule has 1 aliphatic heterocycles. The first-order chi connectivity index (χ1) is 11.3. The fourth-order valence-electron chi connectivity index (χ4n) is 2.53. The lowest BCUT2D eigenvalue weighted by atomic mass is 10.2. The summed E-state index contributed by atoms with van der Waals surface area (Å²) in [5.41, 5.74) is 0. The van der Waals surface area contributed by atoms with Crippen molar-refractivity contribution in [1.82, 2.24) is 20.4 Å². The van der Waals surface area contributed by atoms with E-state index in [9.17, 15) is 0 Å². The van der Waals surface area contributed by atoms with Crippen LogP contribution in [0, 0.1) is 0 Å². The van der Waals surface area contributed by atoms with Gasteiger partial charge in [-0.1, -0.05) is 5.16 Å². The van der Waals surface area contributed by atoms with Gasteiger partial charge in [0, 0.05) is 36.7 Å². The van der Waals surface area contributed by atoms with Crippen molar-refractivity contribution < 1.29 is 9.26 Å². The van der Waals surface area contributed by atoms with Gasteiger partial charge in [0.15, 0.2) is 5.82 Å². The number of nitrogens with zero attached hydrogens (tertiary/aromatic N) is 3. The van der Waals surface area contributed by atoms with E-state index >= 15 is 0 Å². The third kappa shape index (κ3) is 4.25. The topological polar surface area (TPSA) is 63.4 Å². The number of methoxy groups -OCH3 is 1. The normalized spacial score (nSPS) is 19.0. The molecule has 6 nitrogen and oxygen atoms in total. The monoisotopic (exact) mass is 334 g/mol. The Bertz CT molecular complexity index is 617. The molecule has 1 N–H and O–H groups in total. The van der Waals surface area contributed by atoms with Crippen molar-refractivity contribution in [2.75, 3.05) is 39.5 Å². The van der Waals surface area contributed by atoms with Crippen molar-refractivity contribution in [2.24, 2.45) is 0 Å². The number of hydrogen-bond acceptors (Lipinski definition) is 7. The van der Waals surface area contributed by atoms with Crippen LogP contribution in [0.25, 0.3) is 0 Å². The Labute approximate surface area is 140 Å². The van der Waals surface area contributed by atoms with Crippen molar-refractivity contribution in [3.63, 3.8) is 0 Å². The highest BCUT2D eigenvalue weighted by atomic mass is 32.2. The van der Waals surface area contributed by atoms with Gasteiger partial charge in [0.1, 0.15) is 5.75 Å². The molecule has 1 unspecified atom stereocenters. The Balaban J connectivity index is 1.50. The smallest absolute Gasteiger partial charge is 0.227 e. The van der Waals surface area contributed by atoms with Gasteiger partial charge >= 0.3 is 0 Å². The van der Waals surface area contributed by atoms with E-state index in [1.807, 2.05) is 12.1 Å². The van der Waals surface area contributed by atoms with Gasteiger partial charge in [-0.2, -0.15) is 4.98 Å². The van der Waals surface area contributed by atoms with E-state index < -0.39 is 0 Å². The summed E-state index contributed by atoms with van der Waals surface area (Å²) in [6.45, 7) is 2.88. The number of hydrogen-bond donors (Lipinski definition) is 1. The van der Waals surface area contributed by atoms with Gasteiger partial charge in [0.05, 0.1) is 13.2 Å². The maximum atomic E-state index is 5.39. The zero-order valence-corrected chi connectivity index (χ0v) is 14.3. The van der Waals surface area contributed by atoms with E-state index in [-0.39, 0.29) is 6.04 Å². The van der Waals surface area contributed by atoms with Crippen LogP contribution < -0.4 is 10.1 Å². The van der Waals surface area contributed by atoms with Crippen LogP contribution in [-0.2, 0) is 6.42 Å². The molecule has 124 valence electrons. The molecule has 1 saturated heterocycles. The van der Waals surface area contributed by atoms with E-state index in [0.717, 1.165) is 43.4 Å². The van der Waals surface area contributed by atoms with E-state index in [0.29, 0.717) is 5.89 Å². The van der Waals surface area contributed by atoms with Gasteiger partial charge in [0.2, 0.25) is 5.89 Å².